The maximum atomic E-state index is 12.6. The second kappa shape index (κ2) is 20.1. The van der Waals surface area contributed by atoms with Gasteiger partial charge in [0.1, 0.15) is 5.69 Å². The van der Waals surface area contributed by atoms with Gasteiger partial charge in [0.25, 0.3) is 5.22 Å². The number of para-hydroxylation sites is 2. The van der Waals surface area contributed by atoms with E-state index < -0.39 is 6.29 Å². The largest absolute Gasteiger partial charge is 0.431 e. The minimum absolute atomic E-state index is 0.0259. The number of amides is 2. The Balaban J connectivity index is 0.942. The average molecular weight is 797 g/mol. The number of aromatic nitrogens is 1. The maximum Gasteiger partial charge on any atom is 0.256 e. The van der Waals surface area contributed by atoms with Gasteiger partial charge in [-0.1, -0.05) is 140 Å². The molecule has 1 saturated heterocycles. The molecule has 2 heterocycles. The average Bonchev–Trinajstić information content (AvgIpc) is 3.71. The first-order valence-electron chi connectivity index (χ1n) is 19.7. The van der Waals surface area contributed by atoms with Gasteiger partial charge in [-0.15, -0.1) is 0 Å². The summed E-state index contributed by atoms with van der Waals surface area (Å²) < 4.78 is 19.6. The molecular weight excluding hydrogens is 749 g/mol. The van der Waals surface area contributed by atoms with E-state index in [-0.39, 0.29) is 30.6 Å². The fourth-order valence-corrected chi connectivity index (χ4v) is 7.62. The van der Waals surface area contributed by atoms with Crippen LogP contribution in [0.3, 0.4) is 0 Å². The molecule has 5 aromatic carbocycles. The highest BCUT2D eigenvalue weighted by Crippen LogP contribution is 2.41. The third-order valence-corrected chi connectivity index (χ3v) is 10.9. The molecule has 6 aromatic rings. The number of hydrogen-bond acceptors (Lipinski definition) is 9. The molecule has 1 aromatic heterocycles. The number of unbranched alkanes of at least 4 members (excludes halogenated alkanes) is 2. The van der Waals surface area contributed by atoms with Gasteiger partial charge in [-0.25, -0.2) is 4.98 Å². The summed E-state index contributed by atoms with van der Waals surface area (Å²) in [6.45, 7) is 0.374. The third-order valence-electron chi connectivity index (χ3n) is 9.98. The summed E-state index contributed by atoms with van der Waals surface area (Å²) in [4.78, 5) is 29.8. The Morgan fingerprint density at radius 2 is 1.36 bits per heavy atom. The van der Waals surface area contributed by atoms with E-state index in [0.29, 0.717) is 61.0 Å². The molecule has 0 spiro atoms. The molecule has 7 rings (SSSR count). The van der Waals surface area contributed by atoms with Crippen molar-refractivity contribution in [2.75, 3.05) is 16.8 Å². The normalized spacial score (nSPS) is 16.5. The van der Waals surface area contributed by atoms with Crippen LogP contribution in [-0.4, -0.2) is 33.8 Å². The topological polar surface area (TPSA) is 149 Å². The summed E-state index contributed by atoms with van der Waals surface area (Å²) in [6, 6.07) is 43.0. The van der Waals surface area contributed by atoms with Gasteiger partial charge in [0.05, 0.1) is 30.2 Å². The number of aliphatic hydroxyl groups is 1. The van der Waals surface area contributed by atoms with Gasteiger partial charge in [0.2, 0.25) is 11.8 Å². The number of carbonyl (C=O) groups excluding carboxylic acids is 2. The first kappa shape index (κ1) is 40.5. The number of rotatable bonds is 17. The van der Waals surface area contributed by atoms with Crippen molar-refractivity contribution in [1.82, 2.24) is 10.3 Å². The van der Waals surface area contributed by atoms with E-state index in [0.717, 1.165) is 51.3 Å². The van der Waals surface area contributed by atoms with Crippen LogP contribution in [0.4, 0.5) is 11.4 Å². The van der Waals surface area contributed by atoms with Gasteiger partial charge in [0.15, 0.2) is 12.1 Å². The van der Waals surface area contributed by atoms with Crippen LogP contribution in [0.2, 0.25) is 0 Å². The Labute approximate surface area is 343 Å². The van der Waals surface area contributed by atoms with E-state index in [4.69, 9.17) is 24.6 Å². The second-order valence-corrected chi connectivity index (χ2v) is 15.2. The van der Waals surface area contributed by atoms with E-state index in [9.17, 15) is 14.7 Å². The zero-order valence-electron chi connectivity index (χ0n) is 32.2. The summed E-state index contributed by atoms with van der Waals surface area (Å²) in [5.74, 6) is 1.20. The van der Waals surface area contributed by atoms with Crippen LogP contribution in [-0.2, 0) is 32.2 Å². The Morgan fingerprint density at radius 3 is 2.07 bits per heavy atom. The molecule has 1 fully saturated rings. The summed E-state index contributed by atoms with van der Waals surface area (Å²) in [6.07, 6.45) is 2.51. The summed E-state index contributed by atoms with van der Waals surface area (Å²) in [5.41, 5.74) is 13.5. The molecule has 3 atom stereocenters. The van der Waals surface area contributed by atoms with E-state index >= 15 is 0 Å². The number of nitrogen functional groups attached to an aromatic ring is 1. The van der Waals surface area contributed by atoms with Crippen LogP contribution in [0.25, 0.3) is 22.6 Å². The number of aliphatic hydroxyl groups excluding tert-OH is 1. The number of oxazole rings is 1. The smallest absolute Gasteiger partial charge is 0.256 e. The maximum absolute atomic E-state index is 12.6. The molecule has 0 saturated carbocycles. The highest BCUT2D eigenvalue weighted by atomic mass is 32.2. The van der Waals surface area contributed by atoms with Crippen molar-refractivity contribution in [3.05, 3.63) is 156 Å². The highest BCUT2D eigenvalue weighted by Gasteiger charge is 2.33. The van der Waals surface area contributed by atoms with Crippen LogP contribution >= 0.6 is 11.8 Å². The molecule has 298 valence electrons. The van der Waals surface area contributed by atoms with Gasteiger partial charge in [-0.3, -0.25) is 9.59 Å². The first-order chi connectivity index (χ1) is 28.4. The van der Waals surface area contributed by atoms with Crippen molar-refractivity contribution in [1.29, 1.82) is 0 Å². The van der Waals surface area contributed by atoms with E-state index in [1.54, 1.807) is 12.1 Å². The van der Waals surface area contributed by atoms with Crippen LogP contribution in [0.1, 0.15) is 73.2 Å². The van der Waals surface area contributed by atoms with Crippen molar-refractivity contribution < 1.29 is 28.6 Å². The summed E-state index contributed by atoms with van der Waals surface area (Å²) >= 11 is 1.52. The minimum Gasteiger partial charge on any atom is -0.431 e. The molecule has 58 heavy (non-hydrogen) atoms. The first-order valence-corrected chi connectivity index (χ1v) is 20.7. The van der Waals surface area contributed by atoms with E-state index in [1.165, 1.54) is 11.8 Å². The number of carbonyl (C=O) groups is 2. The monoisotopic (exact) mass is 796 g/mol. The molecule has 0 bridgehead atoms. The molecule has 3 unspecified atom stereocenters. The lowest BCUT2D eigenvalue weighted by Gasteiger charge is -2.36. The van der Waals surface area contributed by atoms with Crippen LogP contribution in [0, 0.1) is 0 Å². The number of hydrogen-bond donors (Lipinski definition) is 4. The SMILES string of the molecule is Nc1ccccc1NC(=O)CCCCCC(=O)NCc1ccc(C2OC(CSc3nc(-c4ccccc4)c(-c4ccccc4)o3)CC(c3ccc(CO)cc3)O2)cc1. The number of nitrogens with two attached hydrogens (primary N) is 1. The third kappa shape index (κ3) is 11.0. The van der Waals surface area contributed by atoms with Gasteiger partial charge >= 0.3 is 0 Å². The fourth-order valence-electron chi connectivity index (χ4n) is 6.78. The zero-order valence-corrected chi connectivity index (χ0v) is 33.0. The Kier molecular flexibility index (Phi) is 14.0. The van der Waals surface area contributed by atoms with Crippen molar-refractivity contribution in [2.45, 2.75) is 75.4 Å². The standard InChI is InChI=1S/C47H48N4O6S/c48-39-16-10-11-17-40(39)50-43(54)19-9-3-8-18-42(53)49-29-32-20-26-37(27-21-32)46-55-38(28-41(56-46)34-24-22-33(30-52)23-25-34)31-58-47-51-44(35-12-4-1-5-13-35)45(57-47)36-14-6-2-7-15-36/h1-2,4-7,10-17,20-27,38,41,46,52H,3,8-9,18-19,28-31,48H2,(H,49,53)(H,50,54). The molecule has 11 heteroatoms. The van der Waals surface area contributed by atoms with Crippen molar-refractivity contribution in [3.8, 4) is 22.6 Å². The lowest BCUT2D eigenvalue weighted by Crippen LogP contribution is -2.31. The predicted molar refractivity (Wildman–Crippen MR) is 227 cm³/mol. The van der Waals surface area contributed by atoms with Crippen LogP contribution in [0.15, 0.2) is 143 Å². The predicted octanol–water partition coefficient (Wildman–Crippen LogP) is 9.63. The van der Waals surface area contributed by atoms with Gasteiger partial charge in [-0.2, -0.15) is 0 Å². The molecule has 0 aliphatic carbocycles. The number of anilines is 2. The summed E-state index contributed by atoms with van der Waals surface area (Å²) in [7, 11) is 0. The Hall–Kier alpha value is -5.72. The Bertz CT molecular complexity index is 2180. The number of nitrogens with zero attached hydrogens (tertiary/aromatic N) is 1. The highest BCUT2D eigenvalue weighted by molar-refractivity contribution is 7.99. The lowest BCUT2D eigenvalue weighted by molar-refractivity contribution is -0.245. The second-order valence-electron chi connectivity index (χ2n) is 14.3. The molecule has 2 amide bonds. The van der Waals surface area contributed by atoms with E-state index in [1.807, 2.05) is 121 Å². The molecule has 5 N–H and O–H groups in total. The molecule has 10 nitrogen and oxygen atoms in total. The van der Waals surface area contributed by atoms with Crippen LogP contribution < -0.4 is 16.4 Å². The number of benzene rings is 5. The van der Waals surface area contributed by atoms with Crippen LogP contribution in [0.5, 0.6) is 0 Å². The lowest BCUT2D eigenvalue weighted by atomic mass is 10.0. The van der Waals surface area contributed by atoms with Gasteiger partial charge in [0, 0.05) is 48.3 Å². The minimum atomic E-state index is -0.623. The summed E-state index contributed by atoms with van der Waals surface area (Å²) in [5, 5.41) is 16.0. The Morgan fingerprint density at radius 1 is 0.724 bits per heavy atom. The van der Waals surface area contributed by atoms with Crippen molar-refractivity contribution in [3.63, 3.8) is 0 Å². The van der Waals surface area contributed by atoms with Gasteiger partial charge < -0.3 is 35.4 Å². The van der Waals surface area contributed by atoms with Crippen molar-refractivity contribution in [2.24, 2.45) is 0 Å². The number of ether oxygens (including phenoxy) is 2. The zero-order chi connectivity index (χ0) is 40.1. The molecule has 0 radical (unpaired) electrons. The number of nitrogens with one attached hydrogen (secondary N) is 2. The fraction of sp³-hybridized carbons (Fsp3) is 0.255. The molecule has 1 aliphatic rings. The van der Waals surface area contributed by atoms with Gasteiger partial charge in [-0.05, 0) is 41.7 Å². The quantitative estimate of drug-likeness (QED) is 0.0402. The van der Waals surface area contributed by atoms with E-state index in [2.05, 4.69) is 10.6 Å². The molecular formula is C47H48N4O6S. The van der Waals surface area contributed by atoms with Crippen molar-refractivity contribution >= 4 is 35.0 Å². The number of thioether (sulfide) groups is 1. The molecule has 1 aliphatic heterocycles.